The Hall–Kier alpha value is -1.53. The second kappa shape index (κ2) is 6.07. The summed E-state index contributed by atoms with van der Waals surface area (Å²) in [7, 11) is 0. The third kappa shape index (κ3) is 3.98. The number of nitrogens with zero attached hydrogens (tertiary/aromatic N) is 1. The topological polar surface area (TPSA) is 32.6 Å². The monoisotopic (exact) mass is 377 g/mol. The first-order chi connectivity index (χ1) is 9.77. The van der Waals surface area contributed by atoms with Gasteiger partial charge in [0, 0.05) is 16.3 Å². The summed E-state index contributed by atoms with van der Waals surface area (Å²) in [4.78, 5) is 4.00. The van der Waals surface area contributed by atoms with Crippen molar-refractivity contribution in [2.75, 3.05) is 0 Å². The van der Waals surface area contributed by atoms with Crippen molar-refractivity contribution >= 4 is 39.4 Å². The van der Waals surface area contributed by atoms with Crippen LogP contribution in [0.3, 0.4) is 0 Å². The lowest BCUT2D eigenvalue weighted by molar-refractivity contribution is -0.137. The second-order valence-corrected chi connectivity index (χ2v) is 5.45. The number of phenolic OH excluding ortho intramolecular Hbond substituents is 1. The van der Waals surface area contributed by atoms with E-state index in [4.69, 9.17) is 11.6 Å². The maximum atomic E-state index is 12.5. The third-order valence-corrected chi connectivity index (χ3v) is 3.40. The zero-order chi connectivity index (χ0) is 15.6. The maximum Gasteiger partial charge on any atom is 0.416 e. The van der Waals surface area contributed by atoms with Crippen LogP contribution in [0.2, 0.25) is 5.02 Å². The van der Waals surface area contributed by atoms with Crippen molar-refractivity contribution in [2.45, 2.75) is 6.18 Å². The zero-order valence-corrected chi connectivity index (χ0v) is 12.7. The molecule has 0 radical (unpaired) electrons. The van der Waals surface area contributed by atoms with Crippen molar-refractivity contribution in [1.29, 1.82) is 0 Å². The molecule has 0 aliphatic rings. The smallest absolute Gasteiger partial charge is 0.416 e. The van der Waals surface area contributed by atoms with Gasteiger partial charge in [-0.3, -0.25) is 4.99 Å². The van der Waals surface area contributed by atoms with Crippen molar-refractivity contribution < 1.29 is 18.3 Å². The highest BCUT2D eigenvalue weighted by atomic mass is 79.9. The molecule has 7 heteroatoms. The molecule has 0 aliphatic carbocycles. The second-order valence-electron chi connectivity index (χ2n) is 4.13. The average molecular weight is 379 g/mol. The van der Waals surface area contributed by atoms with Gasteiger partial charge in [0.05, 0.1) is 16.3 Å². The highest BCUT2D eigenvalue weighted by Gasteiger charge is 2.30. The summed E-state index contributed by atoms with van der Waals surface area (Å²) in [5, 5.41) is 9.52. The van der Waals surface area contributed by atoms with Crippen LogP contribution in [0.1, 0.15) is 11.1 Å². The van der Waals surface area contributed by atoms with Gasteiger partial charge in [-0.15, -0.1) is 0 Å². The number of hydrogen-bond acceptors (Lipinski definition) is 2. The first kappa shape index (κ1) is 15.9. The molecule has 0 fully saturated rings. The number of phenols is 1. The van der Waals surface area contributed by atoms with Gasteiger partial charge in [-0.1, -0.05) is 27.5 Å². The molecule has 0 bridgehead atoms. The lowest BCUT2D eigenvalue weighted by Gasteiger charge is -2.07. The molecule has 0 aliphatic heterocycles. The van der Waals surface area contributed by atoms with Gasteiger partial charge in [0.1, 0.15) is 5.75 Å². The van der Waals surface area contributed by atoms with Crippen LogP contribution < -0.4 is 0 Å². The Bertz CT molecular complexity index is 701. The summed E-state index contributed by atoms with van der Waals surface area (Å²) in [6.07, 6.45) is -3.12. The fourth-order valence-electron chi connectivity index (χ4n) is 1.56. The molecule has 2 aromatic carbocycles. The molecule has 2 aromatic rings. The van der Waals surface area contributed by atoms with Crippen LogP contribution in [0, 0.1) is 0 Å². The Balaban J connectivity index is 2.32. The Labute approximate surface area is 132 Å². The molecule has 0 atom stereocenters. The van der Waals surface area contributed by atoms with Crippen molar-refractivity contribution in [1.82, 2.24) is 0 Å². The van der Waals surface area contributed by atoms with Gasteiger partial charge >= 0.3 is 6.18 Å². The maximum absolute atomic E-state index is 12.5. The van der Waals surface area contributed by atoms with Crippen molar-refractivity contribution in [3.8, 4) is 5.75 Å². The number of aliphatic imine (C=N–C) groups is 1. The van der Waals surface area contributed by atoms with Gasteiger partial charge in [0.25, 0.3) is 0 Å². The van der Waals surface area contributed by atoms with E-state index in [9.17, 15) is 18.3 Å². The van der Waals surface area contributed by atoms with E-state index in [0.29, 0.717) is 5.56 Å². The fourth-order valence-corrected chi connectivity index (χ4v) is 2.16. The molecule has 0 heterocycles. The summed E-state index contributed by atoms with van der Waals surface area (Å²) < 4.78 is 38.3. The van der Waals surface area contributed by atoms with Gasteiger partial charge in [-0.25, -0.2) is 0 Å². The van der Waals surface area contributed by atoms with E-state index in [1.807, 2.05) is 0 Å². The molecule has 0 saturated carbocycles. The molecule has 21 heavy (non-hydrogen) atoms. The first-order valence-electron chi connectivity index (χ1n) is 5.67. The van der Waals surface area contributed by atoms with Crippen LogP contribution in [0.5, 0.6) is 5.75 Å². The molecule has 0 spiro atoms. The summed E-state index contributed by atoms with van der Waals surface area (Å²) in [5.41, 5.74) is -0.235. The summed E-state index contributed by atoms with van der Waals surface area (Å²) in [6.45, 7) is 0. The predicted octanol–water partition coefficient (Wildman–Crippen LogP) is 5.58. The summed E-state index contributed by atoms with van der Waals surface area (Å²) in [6, 6.07) is 7.64. The lowest BCUT2D eigenvalue weighted by atomic mass is 10.2. The largest absolute Gasteiger partial charge is 0.507 e. The van der Waals surface area contributed by atoms with Crippen LogP contribution in [0.25, 0.3) is 0 Å². The van der Waals surface area contributed by atoms with Crippen LogP contribution in [-0.2, 0) is 6.18 Å². The Morgan fingerprint density at radius 1 is 1.14 bits per heavy atom. The number of aromatic hydroxyl groups is 1. The van der Waals surface area contributed by atoms with Gasteiger partial charge in [-0.05, 0) is 36.4 Å². The molecule has 0 amide bonds. The van der Waals surface area contributed by atoms with E-state index in [1.54, 1.807) is 12.1 Å². The lowest BCUT2D eigenvalue weighted by Crippen LogP contribution is -2.04. The minimum Gasteiger partial charge on any atom is -0.507 e. The molecule has 0 unspecified atom stereocenters. The van der Waals surface area contributed by atoms with Crippen molar-refractivity contribution in [3.05, 3.63) is 57.0 Å². The zero-order valence-electron chi connectivity index (χ0n) is 10.3. The number of halogens is 5. The average Bonchev–Trinajstić information content (AvgIpc) is 2.40. The highest BCUT2D eigenvalue weighted by Crippen LogP contribution is 2.34. The van der Waals surface area contributed by atoms with Crippen LogP contribution >= 0.6 is 27.5 Å². The standard InChI is InChI=1S/C14H8BrClF3NO/c15-10-2-4-13(21)8(5-10)7-20-12-3-1-9(6-11(12)16)14(17,18)19/h1-7,21H. The van der Waals surface area contributed by atoms with Crippen molar-refractivity contribution in [2.24, 2.45) is 4.99 Å². The number of benzene rings is 2. The van der Waals surface area contributed by atoms with Gasteiger partial charge < -0.3 is 5.11 Å². The molecule has 110 valence electrons. The van der Waals surface area contributed by atoms with E-state index >= 15 is 0 Å². The van der Waals surface area contributed by atoms with Crippen molar-refractivity contribution in [3.63, 3.8) is 0 Å². The van der Waals surface area contributed by atoms with Gasteiger partial charge in [-0.2, -0.15) is 13.2 Å². The Morgan fingerprint density at radius 2 is 1.86 bits per heavy atom. The number of hydrogen-bond donors (Lipinski definition) is 1. The highest BCUT2D eigenvalue weighted by molar-refractivity contribution is 9.10. The fraction of sp³-hybridized carbons (Fsp3) is 0.0714. The molecule has 0 saturated heterocycles. The predicted molar refractivity (Wildman–Crippen MR) is 79.5 cm³/mol. The van der Waals surface area contributed by atoms with Gasteiger partial charge in [0.2, 0.25) is 0 Å². The Kier molecular flexibility index (Phi) is 4.58. The van der Waals surface area contributed by atoms with E-state index in [0.717, 1.165) is 16.6 Å². The Morgan fingerprint density at radius 3 is 2.48 bits per heavy atom. The van der Waals surface area contributed by atoms with E-state index in [2.05, 4.69) is 20.9 Å². The molecule has 2 rings (SSSR count). The summed E-state index contributed by atoms with van der Waals surface area (Å²) in [5.74, 6) is 0.00461. The van der Waals surface area contributed by atoms with Crippen LogP contribution in [0.15, 0.2) is 45.9 Å². The van der Waals surface area contributed by atoms with E-state index < -0.39 is 11.7 Å². The summed E-state index contributed by atoms with van der Waals surface area (Å²) >= 11 is 9.03. The normalized spacial score (nSPS) is 12.0. The minimum absolute atomic E-state index is 0.00461. The van der Waals surface area contributed by atoms with Crippen LogP contribution in [-0.4, -0.2) is 11.3 Å². The van der Waals surface area contributed by atoms with E-state index in [1.165, 1.54) is 18.3 Å². The third-order valence-electron chi connectivity index (χ3n) is 2.61. The quantitative estimate of drug-likeness (QED) is 0.680. The SMILES string of the molecule is Oc1ccc(Br)cc1C=Nc1ccc(C(F)(F)F)cc1Cl. The molecular formula is C14H8BrClF3NO. The number of rotatable bonds is 2. The number of alkyl halides is 3. The molecule has 0 aromatic heterocycles. The minimum atomic E-state index is -4.45. The first-order valence-corrected chi connectivity index (χ1v) is 6.84. The van der Waals surface area contributed by atoms with Crippen LogP contribution in [0.4, 0.5) is 18.9 Å². The van der Waals surface area contributed by atoms with Gasteiger partial charge in [0.15, 0.2) is 0 Å². The molecule has 2 nitrogen and oxygen atoms in total. The molecule has 1 N–H and O–H groups in total. The molecular weight excluding hydrogens is 371 g/mol. The van der Waals surface area contributed by atoms with E-state index in [-0.39, 0.29) is 16.5 Å².